The summed E-state index contributed by atoms with van der Waals surface area (Å²) in [5.41, 5.74) is 5.01. The molecule has 0 saturated heterocycles. The lowest BCUT2D eigenvalue weighted by Gasteiger charge is -2.12. The van der Waals surface area contributed by atoms with Crippen molar-refractivity contribution in [1.82, 2.24) is 5.32 Å². The van der Waals surface area contributed by atoms with Gasteiger partial charge in [0.05, 0.1) is 4.99 Å². The molecule has 0 bridgehead atoms. The molecule has 3 N–H and O–H groups in total. The highest BCUT2D eigenvalue weighted by Gasteiger charge is 2.19. The largest absolute Gasteiger partial charge is 0.393 e. The smallest absolute Gasteiger partial charge is 0.257 e. The van der Waals surface area contributed by atoms with E-state index in [4.69, 9.17) is 18.0 Å². The van der Waals surface area contributed by atoms with Gasteiger partial charge in [0, 0.05) is 12.5 Å². The van der Waals surface area contributed by atoms with Gasteiger partial charge in [0.15, 0.2) is 0 Å². The second kappa shape index (κ2) is 5.86. The van der Waals surface area contributed by atoms with Gasteiger partial charge in [0.25, 0.3) is 5.91 Å². The van der Waals surface area contributed by atoms with Crippen LogP contribution >= 0.6 is 12.2 Å². The number of halogens is 2. The van der Waals surface area contributed by atoms with E-state index in [1.54, 1.807) is 6.92 Å². The van der Waals surface area contributed by atoms with Crippen molar-refractivity contribution in [2.75, 3.05) is 6.54 Å². The van der Waals surface area contributed by atoms with Gasteiger partial charge in [-0.05, 0) is 18.6 Å². The van der Waals surface area contributed by atoms with Crippen LogP contribution in [0.1, 0.15) is 22.8 Å². The van der Waals surface area contributed by atoms with Crippen LogP contribution in [0, 0.1) is 24.5 Å². The number of aryl methyl sites for hydroxylation is 1. The number of amides is 1. The fraction of sp³-hybridized carbons (Fsp3) is 0.333. The van der Waals surface area contributed by atoms with Crippen LogP contribution in [0.5, 0.6) is 0 Å². The molecule has 1 rings (SSSR count). The first-order valence-corrected chi connectivity index (χ1v) is 5.77. The van der Waals surface area contributed by atoms with Crippen molar-refractivity contribution in [2.24, 2.45) is 11.7 Å². The molecule has 0 spiro atoms. The van der Waals surface area contributed by atoms with Crippen LogP contribution in [-0.2, 0) is 0 Å². The molecule has 0 heterocycles. The Morgan fingerprint density at radius 3 is 2.67 bits per heavy atom. The van der Waals surface area contributed by atoms with Gasteiger partial charge in [-0.1, -0.05) is 25.2 Å². The van der Waals surface area contributed by atoms with E-state index in [1.165, 1.54) is 13.0 Å². The highest BCUT2D eigenvalue weighted by molar-refractivity contribution is 7.80. The molecule has 1 atom stereocenters. The van der Waals surface area contributed by atoms with Crippen molar-refractivity contribution in [1.29, 1.82) is 0 Å². The molecular weight excluding hydrogens is 258 g/mol. The van der Waals surface area contributed by atoms with Gasteiger partial charge in [-0.3, -0.25) is 4.79 Å². The second-order valence-corrected chi connectivity index (χ2v) is 4.54. The fourth-order valence-electron chi connectivity index (χ4n) is 1.30. The molecule has 0 aromatic heterocycles. The van der Waals surface area contributed by atoms with E-state index in [9.17, 15) is 13.6 Å². The van der Waals surface area contributed by atoms with Crippen LogP contribution in [0.2, 0.25) is 0 Å². The fourth-order valence-corrected chi connectivity index (χ4v) is 1.38. The Balaban J connectivity index is 2.85. The summed E-state index contributed by atoms with van der Waals surface area (Å²) in [5.74, 6) is -2.79. The Kier molecular flexibility index (Phi) is 4.72. The molecule has 98 valence electrons. The Labute approximate surface area is 109 Å². The molecule has 0 fully saturated rings. The van der Waals surface area contributed by atoms with E-state index in [0.29, 0.717) is 0 Å². The third kappa shape index (κ3) is 3.22. The first-order chi connectivity index (χ1) is 8.34. The molecule has 0 aliphatic heterocycles. The average Bonchev–Trinajstić information content (AvgIpc) is 2.31. The van der Waals surface area contributed by atoms with Crippen molar-refractivity contribution < 1.29 is 13.6 Å². The number of carbonyl (C=O) groups is 1. The van der Waals surface area contributed by atoms with Gasteiger partial charge in [0.2, 0.25) is 0 Å². The minimum Gasteiger partial charge on any atom is -0.393 e. The van der Waals surface area contributed by atoms with Crippen LogP contribution < -0.4 is 11.1 Å². The average molecular weight is 272 g/mol. The summed E-state index contributed by atoms with van der Waals surface area (Å²) in [6.45, 7) is 3.32. The molecular formula is C12H14F2N2OS. The summed E-state index contributed by atoms with van der Waals surface area (Å²) >= 11 is 4.74. The number of carbonyl (C=O) groups excluding carboxylic acids is 1. The lowest BCUT2D eigenvalue weighted by atomic mass is 10.1. The van der Waals surface area contributed by atoms with Crippen molar-refractivity contribution in [3.63, 3.8) is 0 Å². The molecule has 3 nitrogen and oxygen atoms in total. The van der Waals surface area contributed by atoms with Gasteiger partial charge in [-0.25, -0.2) is 8.78 Å². The predicted octanol–water partition coefficient (Wildman–Crippen LogP) is 1.93. The van der Waals surface area contributed by atoms with Crippen LogP contribution in [0.25, 0.3) is 0 Å². The van der Waals surface area contributed by atoms with Crippen LogP contribution in [-0.4, -0.2) is 17.4 Å². The van der Waals surface area contributed by atoms with Crippen molar-refractivity contribution in [3.8, 4) is 0 Å². The summed E-state index contributed by atoms with van der Waals surface area (Å²) in [6.07, 6.45) is 0. The maximum atomic E-state index is 13.6. The number of nitrogens with two attached hydrogens (primary N) is 1. The molecule has 0 radical (unpaired) electrons. The third-order valence-corrected chi connectivity index (χ3v) is 2.97. The zero-order valence-corrected chi connectivity index (χ0v) is 10.9. The molecule has 6 heteroatoms. The first kappa shape index (κ1) is 14.5. The Morgan fingerprint density at radius 2 is 2.11 bits per heavy atom. The highest BCUT2D eigenvalue weighted by Crippen LogP contribution is 2.16. The lowest BCUT2D eigenvalue weighted by molar-refractivity contribution is 0.0942. The molecule has 18 heavy (non-hydrogen) atoms. The van der Waals surface area contributed by atoms with Gasteiger partial charge in [0.1, 0.15) is 17.2 Å². The zero-order valence-electron chi connectivity index (χ0n) is 10.1. The molecule has 1 aromatic carbocycles. The zero-order chi connectivity index (χ0) is 13.9. The van der Waals surface area contributed by atoms with E-state index >= 15 is 0 Å². The van der Waals surface area contributed by atoms with E-state index in [0.717, 1.165) is 6.07 Å². The Hall–Kier alpha value is -1.56. The van der Waals surface area contributed by atoms with Gasteiger partial charge < -0.3 is 11.1 Å². The highest BCUT2D eigenvalue weighted by atomic mass is 32.1. The van der Waals surface area contributed by atoms with Gasteiger partial charge in [-0.2, -0.15) is 0 Å². The predicted molar refractivity (Wildman–Crippen MR) is 69.4 cm³/mol. The Bertz CT molecular complexity index is 491. The maximum absolute atomic E-state index is 13.6. The van der Waals surface area contributed by atoms with E-state index in [2.05, 4.69) is 5.32 Å². The summed E-state index contributed by atoms with van der Waals surface area (Å²) < 4.78 is 27.1. The van der Waals surface area contributed by atoms with Gasteiger partial charge >= 0.3 is 0 Å². The number of rotatable bonds is 4. The number of nitrogens with one attached hydrogen (secondary N) is 1. The summed E-state index contributed by atoms with van der Waals surface area (Å²) in [6, 6.07) is 2.34. The van der Waals surface area contributed by atoms with Crippen LogP contribution in [0.4, 0.5) is 8.78 Å². The molecule has 0 saturated carbocycles. The monoisotopic (exact) mass is 272 g/mol. The number of benzene rings is 1. The number of thiocarbonyl (C=S) groups is 1. The Morgan fingerprint density at radius 1 is 1.50 bits per heavy atom. The summed E-state index contributed by atoms with van der Waals surface area (Å²) in [7, 11) is 0. The summed E-state index contributed by atoms with van der Waals surface area (Å²) in [4.78, 5) is 11.9. The minimum atomic E-state index is -0.890. The molecule has 0 aliphatic rings. The van der Waals surface area contributed by atoms with Crippen LogP contribution in [0.3, 0.4) is 0 Å². The number of hydrogen-bond donors (Lipinski definition) is 2. The topological polar surface area (TPSA) is 55.1 Å². The second-order valence-electron chi connectivity index (χ2n) is 4.07. The number of hydrogen-bond acceptors (Lipinski definition) is 2. The van der Waals surface area contributed by atoms with Crippen molar-refractivity contribution >= 4 is 23.1 Å². The third-order valence-electron chi connectivity index (χ3n) is 2.57. The summed E-state index contributed by atoms with van der Waals surface area (Å²) in [5, 5.41) is 2.40. The minimum absolute atomic E-state index is 0.140. The standard InChI is InChI=1S/C12H14F2N2OS/c1-6-3-4-8(13)9(10(6)14)12(17)16-5-7(2)11(15)18/h3-4,7H,5H2,1-2H3,(H2,15,18)(H,16,17). The normalized spacial score (nSPS) is 12.0. The first-order valence-electron chi connectivity index (χ1n) is 5.36. The van der Waals surface area contributed by atoms with E-state index in [-0.39, 0.29) is 23.0 Å². The van der Waals surface area contributed by atoms with E-state index in [1.807, 2.05) is 0 Å². The molecule has 1 aromatic rings. The molecule has 1 amide bonds. The van der Waals surface area contributed by atoms with Crippen molar-refractivity contribution in [2.45, 2.75) is 13.8 Å². The quantitative estimate of drug-likeness (QED) is 0.823. The van der Waals surface area contributed by atoms with E-state index < -0.39 is 23.1 Å². The van der Waals surface area contributed by atoms with Crippen LogP contribution in [0.15, 0.2) is 12.1 Å². The maximum Gasteiger partial charge on any atom is 0.257 e. The molecule has 1 unspecified atom stereocenters. The SMILES string of the molecule is Cc1ccc(F)c(C(=O)NCC(C)C(N)=S)c1F. The van der Waals surface area contributed by atoms with Gasteiger partial charge in [-0.15, -0.1) is 0 Å². The molecule has 0 aliphatic carbocycles. The lowest BCUT2D eigenvalue weighted by Crippen LogP contribution is -2.34. The van der Waals surface area contributed by atoms with Crippen molar-refractivity contribution in [3.05, 3.63) is 34.9 Å².